The van der Waals surface area contributed by atoms with Crippen LogP contribution in [0, 0.1) is 5.92 Å². The highest BCUT2D eigenvalue weighted by molar-refractivity contribution is 5.37. The van der Waals surface area contributed by atoms with Crippen molar-refractivity contribution in [2.24, 2.45) is 5.92 Å². The summed E-state index contributed by atoms with van der Waals surface area (Å²) in [5.41, 5.74) is 0. The lowest BCUT2D eigenvalue weighted by Gasteiger charge is -2.33. The van der Waals surface area contributed by atoms with Crippen LogP contribution >= 0.6 is 0 Å². The van der Waals surface area contributed by atoms with Crippen molar-refractivity contribution in [1.29, 1.82) is 0 Å². The molecule has 3 atom stereocenters. The van der Waals surface area contributed by atoms with E-state index in [9.17, 15) is 4.79 Å². The molecule has 0 radical (unpaired) electrons. The van der Waals surface area contributed by atoms with Gasteiger partial charge in [-0.3, -0.25) is 4.79 Å². The maximum absolute atomic E-state index is 10.3. The van der Waals surface area contributed by atoms with Gasteiger partial charge in [0.2, 0.25) is 0 Å². The SMILES string of the molecule is CCCC1CCC(OC=O)C(OC)C1. The van der Waals surface area contributed by atoms with Crippen molar-refractivity contribution in [3.8, 4) is 0 Å². The highest BCUT2D eigenvalue weighted by Crippen LogP contribution is 2.30. The van der Waals surface area contributed by atoms with Gasteiger partial charge in [-0.15, -0.1) is 0 Å². The maximum atomic E-state index is 10.3. The van der Waals surface area contributed by atoms with Gasteiger partial charge in [-0.2, -0.15) is 0 Å². The first-order chi connectivity index (χ1) is 6.81. The lowest BCUT2D eigenvalue weighted by molar-refractivity contribution is -0.145. The van der Waals surface area contributed by atoms with Gasteiger partial charge in [0.15, 0.2) is 0 Å². The number of carbonyl (C=O) groups excluding carboxylic acids is 1. The topological polar surface area (TPSA) is 35.5 Å². The molecule has 1 fully saturated rings. The molecule has 3 heteroatoms. The molecule has 3 nitrogen and oxygen atoms in total. The quantitative estimate of drug-likeness (QED) is 0.638. The first-order valence-corrected chi connectivity index (χ1v) is 5.43. The summed E-state index contributed by atoms with van der Waals surface area (Å²) in [7, 11) is 1.69. The molecule has 0 spiro atoms. The van der Waals surface area contributed by atoms with Crippen molar-refractivity contribution < 1.29 is 14.3 Å². The Morgan fingerprint density at radius 1 is 1.36 bits per heavy atom. The monoisotopic (exact) mass is 200 g/mol. The van der Waals surface area contributed by atoms with Gasteiger partial charge in [-0.25, -0.2) is 0 Å². The molecule has 0 amide bonds. The van der Waals surface area contributed by atoms with E-state index in [-0.39, 0.29) is 12.2 Å². The highest BCUT2D eigenvalue weighted by atomic mass is 16.6. The molecule has 1 aliphatic carbocycles. The summed E-state index contributed by atoms with van der Waals surface area (Å²) in [6.45, 7) is 2.74. The van der Waals surface area contributed by atoms with E-state index in [0.29, 0.717) is 6.47 Å². The first kappa shape index (κ1) is 11.5. The lowest BCUT2D eigenvalue weighted by Crippen LogP contribution is -2.37. The Balaban J connectivity index is 2.41. The number of hydrogen-bond acceptors (Lipinski definition) is 3. The molecule has 0 saturated heterocycles. The van der Waals surface area contributed by atoms with Crippen LogP contribution in [0.25, 0.3) is 0 Å². The lowest BCUT2D eigenvalue weighted by atomic mass is 9.83. The summed E-state index contributed by atoms with van der Waals surface area (Å²) in [6.07, 6.45) is 5.70. The Kier molecular flexibility index (Phi) is 4.94. The molecular formula is C11H20O3. The average molecular weight is 200 g/mol. The Labute approximate surface area is 85.8 Å². The highest BCUT2D eigenvalue weighted by Gasteiger charge is 2.31. The second-order valence-corrected chi connectivity index (χ2v) is 4.01. The molecule has 1 saturated carbocycles. The van der Waals surface area contributed by atoms with Crippen LogP contribution < -0.4 is 0 Å². The zero-order valence-corrected chi connectivity index (χ0v) is 9.07. The average Bonchev–Trinajstić information content (AvgIpc) is 2.21. The fourth-order valence-corrected chi connectivity index (χ4v) is 2.33. The summed E-state index contributed by atoms with van der Waals surface area (Å²) in [5, 5.41) is 0. The number of methoxy groups -OCH3 is 1. The van der Waals surface area contributed by atoms with Gasteiger partial charge in [0.25, 0.3) is 6.47 Å². The first-order valence-electron chi connectivity index (χ1n) is 5.43. The van der Waals surface area contributed by atoms with E-state index < -0.39 is 0 Å². The number of rotatable bonds is 5. The van der Waals surface area contributed by atoms with Crippen LogP contribution in [0.5, 0.6) is 0 Å². The maximum Gasteiger partial charge on any atom is 0.293 e. The molecule has 0 N–H and O–H groups in total. The van der Waals surface area contributed by atoms with Gasteiger partial charge in [-0.1, -0.05) is 19.8 Å². The van der Waals surface area contributed by atoms with E-state index in [1.165, 1.54) is 12.8 Å². The predicted octanol–water partition coefficient (Wildman–Crippen LogP) is 2.14. The number of carbonyl (C=O) groups is 1. The fourth-order valence-electron chi connectivity index (χ4n) is 2.33. The van der Waals surface area contributed by atoms with Crippen molar-refractivity contribution in [2.45, 2.75) is 51.2 Å². The van der Waals surface area contributed by atoms with Crippen molar-refractivity contribution in [3.63, 3.8) is 0 Å². The second kappa shape index (κ2) is 6.02. The van der Waals surface area contributed by atoms with E-state index in [0.717, 1.165) is 25.2 Å². The van der Waals surface area contributed by atoms with Crippen molar-refractivity contribution in [3.05, 3.63) is 0 Å². The van der Waals surface area contributed by atoms with E-state index in [2.05, 4.69) is 6.92 Å². The van der Waals surface area contributed by atoms with E-state index in [1.807, 2.05) is 0 Å². The normalized spacial score (nSPS) is 32.6. The van der Waals surface area contributed by atoms with Crippen molar-refractivity contribution in [2.75, 3.05) is 7.11 Å². The van der Waals surface area contributed by atoms with Crippen LogP contribution in [0.4, 0.5) is 0 Å². The van der Waals surface area contributed by atoms with Gasteiger partial charge in [-0.05, 0) is 25.2 Å². The van der Waals surface area contributed by atoms with Gasteiger partial charge in [0.05, 0.1) is 6.10 Å². The molecule has 0 aliphatic heterocycles. The second-order valence-electron chi connectivity index (χ2n) is 4.01. The van der Waals surface area contributed by atoms with Gasteiger partial charge in [0.1, 0.15) is 6.10 Å². The van der Waals surface area contributed by atoms with Gasteiger partial charge in [0, 0.05) is 7.11 Å². The Hall–Kier alpha value is -0.570. The summed E-state index contributed by atoms with van der Waals surface area (Å²) in [6, 6.07) is 0. The van der Waals surface area contributed by atoms with Gasteiger partial charge < -0.3 is 9.47 Å². The summed E-state index contributed by atoms with van der Waals surface area (Å²) in [4.78, 5) is 10.3. The van der Waals surface area contributed by atoms with Crippen LogP contribution in [0.1, 0.15) is 39.0 Å². The van der Waals surface area contributed by atoms with Crippen molar-refractivity contribution in [1.82, 2.24) is 0 Å². The van der Waals surface area contributed by atoms with Crippen LogP contribution in [-0.4, -0.2) is 25.8 Å². The molecular weight excluding hydrogens is 180 g/mol. The summed E-state index contributed by atoms with van der Waals surface area (Å²) < 4.78 is 10.4. The standard InChI is InChI=1S/C11H20O3/c1-3-4-9-5-6-10(14-8-12)11(7-9)13-2/h8-11H,3-7H2,1-2H3. The number of ether oxygens (including phenoxy) is 2. The third-order valence-corrected chi connectivity index (χ3v) is 3.07. The molecule has 0 aromatic carbocycles. The largest absolute Gasteiger partial charge is 0.462 e. The molecule has 14 heavy (non-hydrogen) atoms. The zero-order chi connectivity index (χ0) is 10.4. The molecule has 3 unspecified atom stereocenters. The van der Waals surface area contributed by atoms with E-state index in [1.54, 1.807) is 7.11 Å². The molecule has 1 aliphatic rings. The summed E-state index contributed by atoms with van der Waals surface area (Å²) in [5.74, 6) is 0.747. The zero-order valence-electron chi connectivity index (χ0n) is 9.07. The van der Waals surface area contributed by atoms with Crippen molar-refractivity contribution >= 4 is 6.47 Å². The number of hydrogen-bond donors (Lipinski definition) is 0. The van der Waals surface area contributed by atoms with Gasteiger partial charge >= 0.3 is 0 Å². The van der Waals surface area contributed by atoms with Crippen LogP contribution in [-0.2, 0) is 14.3 Å². The Morgan fingerprint density at radius 3 is 2.71 bits per heavy atom. The smallest absolute Gasteiger partial charge is 0.293 e. The third-order valence-electron chi connectivity index (χ3n) is 3.07. The minimum absolute atomic E-state index is 0.0226. The fraction of sp³-hybridized carbons (Fsp3) is 0.909. The third kappa shape index (κ3) is 2.98. The Bertz CT molecular complexity index is 170. The molecule has 0 bridgehead atoms. The Morgan fingerprint density at radius 2 is 2.14 bits per heavy atom. The van der Waals surface area contributed by atoms with Crippen LogP contribution in [0.3, 0.4) is 0 Å². The molecule has 1 rings (SSSR count). The molecule has 0 heterocycles. The van der Waals surface area contributed by atoms with E-state index >= 15 is 0 Å². The summed E-state index contributed by atoms with van der Waals surface area (Å²) >= 11 is 0. The molecule has 82 valence electrons. The van der Waals surface area contributed by atoms with Crippen LogP contribution in [0.2, 0.25) is 0 Å². The van der Waals surface area contributed by atoms with E-state index in [4.69, 9.17) is 9.47 Å². The minimum Gasteiger partial charge on any atom is -0.462 e. The molecule has 0 aromatic heterocycles. The molecule has 0 aromatic rings. The van der Waals surface area contributed by atoms with Crippen LogP contribution in [0.15, 0.2) is 0 Å². The predicted molar refractivity (Wildman–Crippen MR) is 54.0 cm³/mol. The minimum atomic E-state index is -0.0226.